The zero-order valence-corrected chi connectivity index (χ0v) is 31.1. The minimum absolute atomic E-state index is 0.887. The van der Waals surface area contributed by atoms with Crippen molar-refractivity contribution < 1.29 is 0 Å². The van der Waals surface area contributed by atoms with Crippen LogP contribution >= 0.6 is 11.3 Å². The van der Waals surface area contributed by atoms with Crippen LogP contribution in [0.4, 0.5) is 17.1 Å². The van der Waals surface area contributed by atoms with Crippen molar-refractivity contribution in [3.05, 3.63) is 200 Å². The topological polar surface area (TPSA) is 29.0 Å². The molecule has 56 heavy (non-hydrogen) atoms. The van der Waals surface area contributed by atoms with Gasteiger partial charge in [0.1, 0.15) is 0 Å². The van der Waals surface area contributed by atoms with Gasteiger partial charge in [0.25, 0.3) is 0 Å². The molecule has 262 valence electrons. The highest BCUT2D eigenvalue weighted by atomic mass is 32.1. The number of hydrogen-bond acceptors (Lipinski definition) is 4. The van der Waals surface area contributed by atoms with E-state index in [1.54, 1.807) is 0 Å². The van der Waals surface area contributed by atoms with Crippen molar-refractivity contribution in [1.29, 1.82) is 0 Å². The molecule has 0 saturated heterocycles. The number of rotatable bonds is 6. The number of hydrogen-bond donors (Lipinski definition) is 0. The van der Waals surface area contributed by atoms with Crippen LogP contribution in [0.2, 0.25) is 0 Å². The predicted octanol–water partition coefficient (Wildman–Crippen LogP) is 14.8. The van der Waals surface area contributed by atoms with E-state index >= 15 is 0 Å². The molecule has 0 spiro atoms. The van der Waals surface area contributed by atoms with Crippen LogP contribution in [0.3, 0.4) is 0 Å². The van der Waals surface area contributed by atoms with Gasteiger partial charge in [-0.3, -0.25) is 0 Å². The van der Waals surface area contributed by atoms with Crippen LogP contribution in [-0.2, 0) is 0 Å². The second-order valence-corrected chi connectivity index (χ2v) is 15.3. The van der Waals surface area contributed by atoms with E-state index in [4.69, 9.17) is 9.97 Å². The average molecular weight is 732 g/mol. The van der Waals surface area contributed by atoms with E-state index in [1.165, 1.54) is 42.1 Å². The van der Waals surface area contributed by atoms with Crippen molar-refractivity contribution in [2.45, 2.75) is 0 Å². The lowest BCUT2D eigenvalue weighted by atomic mass is 9.95. The highest BCUT2D eigenvalue weighted by Crippen LogP contribution is 2.43. The standard InChI is InChI=1S/C52H33N3S/c1-5-13-36(14-6-1)50-51(37-15-7-2-8-16-37)54-52-46(53-50)29-25-35-23-21-34-22-24-38(31-44(34)49(35)52)39-26-30-47-45(32-39)43-28-27-42(33-48(43)56-47)55(40-17-9-3-10-18-40)41-19-11-4-12-20-41/h1-33H. The lowest BCUT2D eigenvalue weighted by Gasteiger charge is -2.25. The molecule has 9 aromatic carbocycles. The highest BCUT2D eigenvalue weighted by molar-refractivity contribution is 7.25. The third-order valence-corrected chi connectivity index (χ3v) is 11.9. The van der Waals surface area contributed by atoms with Crippen molar-refractivity contribution in [1.82, 2.24) is 9.97 Å². The Kier molecular flexibility index (Phi) is 7.68. The number of para-hydroxylation sites is 2. The number of benzene rings is 9. The van der Waals surface area contributed by atoms with E-state index in [0.29, 0.717) is 0 Å². The van der Waals surface area contributed by atoms with Gasteiger partial charge in [-0.15, -0.1) is 11.3 Å². The van der Waals surface area contributed by atoms with Gasteiger partial charge in [-0.2, -0.15) is 0 Å². The lowest BCUT2D eigenvalue weighted by Crippen LogP contribution is -2.09. The van der Waals surface area contributed by atoms with E-state index < -0.39 is 0 Å². The van der Waals surface area contributed by atoms with Crippen LogP contribution in [-0.4, -0.2) is 9.97 Å². The Balaban J connectivity index is 1.06. The van der Waals surface area contributed by atoms with Gasteiger partial charge in [-0.25, -0.2) is 9.97 Å². The summed E-state index contributed by atoms with van der Waals surface area (Å²) in [5.74, 6) is 0. The maximum atomic E-state index is 5.46. The van der Waals surface area contributed by atoms with Gasteiger partial charge in [0.05, 0.1) is 22.4 Å². The van der Waals surface area contributed by atoms with Gasteiger partial charge >= 0.3 is 0 Å². The molecule has 0 saturated carbocycles. The molecule has 11 rings (SSSR count). The first-order valence-electron chi connectivity index (χ1n) is 18.9. The molecule has 0 atom stereocenters. The van der Waals surface area contributed by atoms with Crippen LogP contribution in [0.5, 0.6) is 0 Å². The Morgan fingerprint density at radius 1 is 0.357 bits per heavy atom. The summed E-state index contributed by atoms with van der Waals surface area (Å²) >= 11 is 1.85. The van der Waals surface area contributed by atoms with Crippen LogP contribution in [0.25, 0.3) is 86.4 Å². The summed E-state index contributed by atoms with van der Waals surface area (Å²) in [6, 6.07) is 71.4. The second-order valence-electron chi connectivity index (χ2n) is 14.2. The first kappa shape index (κ1) is 32.3. The SMILES string of the molecule is c1ccc(-c2nc3ccc4ccc5ccc(-c6ccc7sc8cc(N(c9ccccc9)c9ccccc9)ccc8c7c6)cc5c4c3nc2-c2ccccc2)cc1. The number of anilines is 3. The minimum Gasteiger partial charge on any atom is -0.310 e. The van der Waals surface area contributed by atoms with E-state index in [9.17, 15) is 0 Å². The molecule has 2 heterocycles. The summed E-state index contributed by atoms with van der Waals surface area (Å²) < 4.78 is 2.55. The van der Waals surface area contributed by atoms with Gasteiger partial charge in [0.2, 0.25) is 0 Å². The summed E-state index contributed by atoms with van der Waals surface area (Å²) in [4.78, 5) is 13.1. The molecule has 0 fully saturated rings. The molecule has 0 unspecified atom stereocenters. The Bertz CT molecular complexity index is 3190. The molecular weight excluding hydrogens is 699 g/mol. The lowest BCUT2D eigenvalue weighted by molar-refractivity contribution is 1.29. The van der Waals surface area contributed by atoms with E-state index in [1.807, 2.05) is 23.5 Å². The van der Waals surface area contributed by atoms with Crippen LogP contribution in [0, 0.1) is 0 Å². The maximum Gasteiger partial charge on any atom is 0.0979 e. The fraction of sp³-hybridized carbons (Fsp3) is 0. The molecule has 0 aliphatic rings. The van der Waals surface area contributed by atoms with Gasteiger partial charge in [-0.1, -0.05) is 140 Å². The Labute approximate surface area is 328 Å². The Morgan fingerprint density at radius 2 is 0.911 bits per heavy atom. The minimum atomic E-state index is 0.887. The molecule has 0 amide bonds. The monoisotopic (exact) mass is 731 g/mol. The van der Waals surface area contributed by atoms with E-state index in [2.05, 4.69) is 193 Å². The van der Waals surface area contributed by atoms with Crippen molar-refractivity contribution in [2.24, 2.45) is 0 Å². The summed E-state index contributed by atoms with van der Waals surface area (Å²) in [6.07, 6.45) is 0. The first-order chi connectivity index (χ1) is 27.7. The van der Waals surface area contributed by atoms with E-state index in [-0.39, 0.29) is 0 Å². The summed E-state index contributed by atoms with van der Waals surface area (Å²) in [5.41, 5.74) is 11.5. The fourth-order valence-corrected chi connectivity index (χ4v) is 9.24. The van der Waals surface area contributed by atoms with Crippen molar-refractivity contribution in [3.63, 3.8) is 0 Å². The zero-order valence-electron chi connectivity index (χ0n) is 30.3. The largest absolute Gasteiger partial charge is 0.310 e. The Hall–Kier alpha value is -7.14. The number of fused-ring (bicyclic) bond motifs is 8. The molecule has 0 bridgehead atoms. The quantitative estimate of drug-likeness (QED) is 0.159. The van der Waals surface area contributed by atoms with Crippen LogP contribution in [0.1, 0.15) is 0 Å². The van der Waals surface area contributed by atoms with Gasteiger partial charge in [0.15, 0.2) is 0 Å². The number of aromatic nitrogens is 2. The van der Waals surface area contributed by atoms with Crippen molar-refractivity contribution in [3.8, 4) is 33.6 Å². The summed E-state index contributed by atoms with van der Waals surface area (Å²) in [7, 11) is 0. The van der Waals surface area contributed by atoms with Gasteiger partial charge in [-0.05, 0) is 87.9 Å². The van der Waals surface area contributed by atoms with Crippen LogP contribution < -0.4 is 4.90 Å². The Morgan fingerprint density at radius 3 is 1.59 bits per heavy atom. The normalized spacial score (nSPS) is 11.6. The van der Waals surface area contributed by atoms with Gasteiger partial charge < -0.3 is 4.90 Å². The smallest absolute Gasteiger partial charge is 0.0979 e. The maximum absolute atomic E-state index is 5.46. The van der Waals surface area contributed by atoms with Crippen molar-refractivity contribution in [2.75, 3.05) is 4.90 Å². The summed E-state index contributed by atoms with van der Waals surface area (Å²) in [5, 5.41) is 7.18. The number of nitrogens with zero attached hydrogens (tertiary/aromatic N) is 3. The molecular formula is C52H33N3S. The predicted molar refractivity (Wildman–Crippen MR) is 238 cm³/mol. The molecule has 3 nitrogen and oxygen atoms in total. The van der Waals surface area contributed by atoms with E-state index in [0.717, 1.165) is 61.4 Å². The fourth-order valence-electron chi connectivity index (χ4n) is 8.12. The molecule has 0 N–H and O–H groups in total. The molecule has 4 heteroatoms. The molecule has 0 aliphatic heterocycles. The summed E-state index contributed by atoms with van der Waals surface area (Å²) in [6.45, 7) is 0. The third-order valence-electron chi connectivity index (χ3n) is 10.8. The van der Waals surface area contributed by atoms with Crippen molar-refractivity contribution >= 4 is 81.1 Å². The van der Waals surface area contributed by atoms with Crippen LogP contribution in [0.15, 0.2) is 200 Å². The highest BCUT2D eigenvalue weighted by Gasteiger charge is 2.18. The molecule has 0 radical (unpaired) electrons. The first-order valence-corrected chi connectivity index (χ1v) is 19.7. The molecule has 0 aliphatic carbocycles. The second kappa shape index (κ2) is 13.3. The zero-order chi connectivity index (χ0) is 37.0. The average Bonchev–Trinajstić information content (AvgIpc) is 3.64. The molecule has 11 aromatic rings. The number of thiophene rings is 1. The molecule has 2 aromatic heterocycles. The van der Waals surface area contributed by atoms with Gasteiger partial charge in [0, 0.05) is 53.7 Å². The third kappa shape index (κ3) is 5.50.